The van der Waals surface area contributed by atoms with Crippen molar-refractivity contribution in [2.24, 2.45) is 0 Å². The minimum absolute atomic E-state index is 0.0278. The molecule has 0 spiro atoms. The Kier molecular flexibility index (Phi) is 6.16. The van der Waals surface area contributed by atoms with Gasteiger partial charge in [0, 0.05) is 16.6 Å². The SMILES string of the molecule is Cc1ccc(-c2nc(CC(=O)O[C@@H](C)C(=O)Nc3cccc(F)c3)cs2)cc1. The molecule has 0 aliphatic rings. The van der Waals surface area contributed by atoms with Crippen LogP contribution in [0, 0.1) is 12.7 Å². The fourth-order valence-electron chi connectivity index (χ4n) is 2.47. The highest BCUT2D eigenvalue weighted by Crippen LogP contribution is 2.24. The summed E-state index contributed by atoms with van der Waals surface area (Å²) in [4.78, 5) is 28.7. The van der Waals surface area contributed by atoms with Crippen LogP contribution in [0.3, 0.4) is 0 Å². The van der Waals surface area contributed by atoms with Crippen LogP contribution in [-0.2, 0) is 20.7 Å². The Hall–Kier alpha value is -3.06. The molecular weight excluding hydrogens is 379 g/mol. The van der Waals surface area contributed by atoms with E-state index in [0.717, 1.165) is 16.1 Å². The Morgan fingerprint density at radius 2 is 1.96 bits per heavy atom. The van der Waals surface area contributed by atoms with Gasteiger partial charge in [-0.2, -0.15) is 0 Å². The molecule has 1 atom stereocenters. The first-order chi connectivity index (χ1) is 13.4. The summed E-state index contributed by atoms with van der Waals surface area (Å²) in [5.41, 5.74) is 3.03. The fourth-order valence-corrected chi connectivity index (χ4v) is 3.29. The van der Waals surface area contributed by atoms with Crippen LogP contribution in [0.1, 0.15) is 18.2 Å². The first-order valence-corrected chi connectivity index (χ1v) is 9.56. The van der Waals surface area contributed by atoms with Gasteiger partial charge in [0.1, 0.15) is 10.8 Å². The summed E-state index contributed by atoms with van der Waals surface area (Å²) in [5, 5.41) is 5.13. The van der Waals surface area contributed by atoms with Crippen molar-refractivity contribution in [2.75, 3.05) is 5.32 Å². The van der Waals surface area contributed by atoms with Gasteiger partial charge in [-0.15, -0.1) is 11.3 Å². The van der Waals surface area contributed by atoms with E-state index < -0.39 is 23.8 Å². The van der Waals surface area contributed by atoms with E-state index in [1.54, 1.807) is 11.4 Å². The zero-order valence-electron chi connectivity index (χ0n) is 15.4. The summed E-state index contributed by atoms with van der Waals surface area (Å²) in [5.74, 6) is -1.55. The minimum Gasteiger partial charge on any atom is -0.452 e. The lowest BCUT2D eigenvalue weighted by Crippen LogP contribution is -2.30. The molecule has 0 radical (unpaired) electrons. The highest BCUT2D eigenvalue weighted by Gasteiger charge is 2.19. The summed E-state index contributed by atoms with van der Waals surface area (Å²) in [6.07, 6.45) is -1.04. The smallest absolute Gasteiger partial charge is 0.312 e. The number of esters is 1. The Bertz CT molecular complexity index is 985. The third-order valence-corrected chi connectivity index (χ3v) is 4.89. The van der Waals surface area contributed by atoms with Gasteiger partial charge >= 0.3 is 5.97 Å². The van der Waals surface area contributed by atoms with E-state index in [4.69, 9.17) is 4.74 Å². The van der Waals surface area contributed by atoms with Crippen molar-refractivity contribution in [1.29, 1.82) is 0 Å². The van der Waals surface area contributed by atoms with E-state index in [2.05, 4.69) is 10.3 Å². The number of anilines is 1. The number of nitrogens with zero attached hydrogens (tertiary/aromatic N) is 1. The molecule has 7 heteroatoms. The van der Waals surface area contributed by atoms with E-state index in [1.165, 1.54) is 36.5 Å². The molecule has 0 aliphatic carbocycles. The van der Waals surface area contributed by atoms with Crippen molar-refractivity contribution < 1.29 is 18.7 Å². The number of halogens is 1. The van der Waals surface area contributed by atoms with Gasteiger partial charge in [-0.1, -0.05) is 35.9 Å². The Labute approximate surface area is 166 Å². The molecule has 2 aromatic carbocycles. The van der Waals surface area contributed by atoms with Crippen LogP contribution in [0.15, 0.2) is 53.9 Å². The lowest BCUT2D eigenvalue weighted by Gasteiger charge is -2.13. The summed E-state index contributed by atoms with van der Waals surface area (Å²) < 4.78 is 18.3. The fraction of sp³-hybridized carbons (Fsp3) is 0.190. The molecule has 5 nitrogen and oxygen atoms in total. The largest absolute Gasteiger partial charge is 0.452 e. The molecule has 0 fully saturated rings. The molecule has 0 aliphatic heterocycles. The zero-order valence-corrected chi connectivity index (χ0v) is 16.3. The van der Waals surface area contributed by atoms with Gasteiger partial charge in [-0.05, 0) is 32.0 Å². The van der Waals surface area contributed by atoms with E-state index in [9.17, 15) is 14.0 Å². The number of thiazole rings is 1. The van der Waals surface area contributed by atoms with Crippen molar-refractivity contribution in [3.05, 3.63) is 71.0 Å². The average Bonchev–Trinajstić information content (AvgIpc) is 3.10. The molecule has 28 heavy (non-hydrogen) atoms. The number of ether oxygens (including phenoxy) is 1. The maximum absolute atomic E-state index is 13.2. The van der Waals surface area contributed by atoms with Crippen LogP contribution in [0.25, 0.3) is 10.6 Å². The Morgan fingerprint density at radius 3 is 2.68 bits per heavy atom. The number of hydrogen-bond acceptors (Lipinski definition) is 5. The number of carbonyl (C=O) groups is 2. The van der Waals surface area contributed by atoms with Gasteiger partial charge < -0.3 is 10.1 Å². The molecule has 1 N–H and O–H groups in total. The molecule has 3 aromatic rings. The number of benzene rings is 2. The second kappa shape index (κ2) is 8.75. The first-order valence-electron chi connectivity index (χ1n) is 8.68. The lowest BCUT2D eigenvalue weighted by molar-refractivity contribution is -0.152. The molecular formula is C21H19FN2O3S. The molecule has 1 aromatic heterocycles. The number of aryl methyl sites for hydroxylation is 1. The van der Waals surface area contributed by atoms with E-state index >= 15 is 0 Å². The number of hydrogen-bond donors (Lipinski definition) is 1. The number of nitrogens with one attached hydrogen (secondary N) is 1. The molecule has 0 unspecified atom stereocenters. The van der Waals surface area contributed by atoms with Gasteiger partial charge in [0.05, 0.1) is 12.1 Å². The molecule has 3 rings (SSSR count). The first kappa shape index (κ1) is 19.7. The van der Waals surface area contributed by atoms with Crippen LogP contribution in [-0.4, -0.2) is 23.0 Å². The zero-order chi connectivity index (χ0) is 20.1. The summed E-state index contributed by atoms with van der Waals surface area (Å²) in [6.45, 7) is 3.48. The lowest BCUT2D eigenvalue weighted by atomic mass is 10.2. The van der Waals surface area contributed by atoms with Crippen molar-refractivity contribution in [3.63, 3.8) is 0 Å². The van der Waals surface area contributed by atoms with E-state index in [-0.39, 0.29) is 6.42 Å². The summed E-state index contributed by atoms with van der Waals surface area (Å²) in [6, 6.07) is 13.5. The van der Waals surface area contributed by atoms with Crippen LogP contribution < -0.4 is 5.32 Å². The van der Waals surface area contributed by atoms with Crippen molar-refractivity contribution in [1.82, 2.24) is 4.98 Å². The normalized spacial score (nSPS) is 11.7. The Balaban J connectivity index is 1.55. The third kappa shape index (κ3) is 5.23. The molecule has 1 amide bonds. The van der Waals surface area contributed by atoms with Crippen molar-refractivity contribution >= 4 is 28.9 Å². The molecule has 0 bridgehead atoms. The van der Waals surface area contributed by atoms with Crippen molar-refractivity contribution in [3.8, 4) is 10.6 Å². The highest BCUT2D eigenvalue weighted by atomic mass is 32.1. The van der Waals surface area contributed by atoms with Crippen LogP contribution in [0.4, 0.5) is 10.1 Å². The third-order valence-electron chi connectivity index (χ3n) is 3.95. The maximum Gasteiger partial charge on any atom is 0.312 e. The summed E-state index contributed by atoms with van der Waals surface area (Å²) >= 11 is 1.45. The predicted octanol–water partition coefficient (Wildman–Crippen LogP) is 4.37. The quantitative estimate of drug-likeness (QED) is 0.626. The Morgan fingerprint density at radius 1 is 1.21 bits per heavy atom. The van der Waals surface area contributed by atoms with Crippen molar-refractivity contribution in [2.45, 2.75) is 26.4 Å². The van der Waals surface area contributed by atoms with Gasteiger partial charge in [0.25, 0.3) is 5.91 Å². The van der Waals surface area contributed by atoms with Crippen LogP contribution >= 0.6 is 11.3 Å². The monoisotopic (exact) mass is 398 g/mol. The number of rotatable bonds is 6. The average molecular weight is 398 g/mol. The van der Waals surface area contributed by atoms with Crippen LogP contribution in [0.2, 0.25) is 0 Å². The van der Waals surface area contributed by atoms with E-state index in [0.29, 0.717) is 11.4 Å². The minimum atomic E-state index is -1.01. The molecule has 144 valence electrons. The number of amides is 1. The van der Waals surface area contributed by atoms with Gasteiger partial charge in [-0.25, -0.2) is 9.37 Å². The molecule has 0 saturated carbocycles. The standard InChI is InChI=1S/C21H19FN2O3S/c1-13-6-8-15(9-7-13)21-24-18(12-28-21)11-19(25)27-14(2)20(26)23-17-5-3-4-16(22)10-17/h3-10,12,14H,11H2,1-2H3,(H,23,26)/t14-/m0/s1. The number of carbonyl (C=O) groups excluding carboxylic acids is 2. The van der Waals surface area contributed by atoms with Crippen LogP contribution in [0.5, 0.6) is 0 Å². The van der Waals surface area contributed by atoms with Gasteiger partial charge in [0.15, 0.2) is 6.10 Å². The second-order valence-corrected chi connectivity index (χ2v) is 7.18. The van der Waals surface area contributed by atoms with E-state index in [1.807, 2.05) is 31.2 Å². The van der Waals surface area contributed by atoms with Gasteiger partial charge in [0.2, 0.25) is 0 Å². The maximum atomic E-state index is 13.2. The molecule has 0 saturated heterocycles. The highest BCUT2D eigenvalue weighted by molar-refractivity contribution is 7.13. The molecule has 1 heterocycles. The summed E-state index contributed by atoms with van der Waals surface area (Å²) in [7, 11) is 0. The predicted molar refractivity (Wildman–Crippen MR) is 107 cm³/mol. The number of aromatic nitrogens is 1. The second-order valence-electron chi connectivity index (χ2n) is 6.32. The van der Waals surface area contributed by atoms with Gasteiger partial charge in [-0.3, -0.25) is 9.59 Å². The topological polar surface area (TPSA) is 68.3 Å².